The number of carbonyl (C=O) groups is 1. The predicted octanol–water partition coefficient (Wildman–Crippen LogP) is 3.55. The number of pyridine rings is 1. The fourth-order valence-corrected chi connectivity index (χ4v) is 3.80. The van der Waals surface area contributed by atoms with Crippen molar-refractivity contribution in [3.63, 3.8) is 0 Å². The summed E-state index contributed by atoms with van der Waals surface area (Å²) < 4.78 is 5.92. The van der Waals surface area contributed by atoms with Crippen molar-refractivity contribution in [2.24, 2.45) is 0 Å². The van der Waals surface area contributed by atoms with Crippen LogP contribution in [0.4, 0.5) is 0 Å². The van der Waals surface area contributed by atoms with Crippen LogP contribution in [-0.2, 0) is 11.3 Å². The van der Waals surface area contributed by atoms with Crippen molar-refractivity contribution in [3.05, 3.63) is 53.9 Å². The first-order valence-electron chi connectivity index (χ1n) is 9.83. The Balaban J connectivity index is 1.56. The molecule has 1 atom stereocenters. The van der Waals surface area contributed by atoms with E-state index >= 15 is 0 Å². The van der Waals surface area contributed by atoms with E-state index < -0.39 is 5.97 Å². The number of nitrogens with zero attached hydrogens (tertiary/aromatic N) is 3. The number of aliphatic carboxylic acids is 1. The largest absolute Gasteiger partial charge is 0.480 e. The Morgan fingerprint density at radius 3 is 2.89 bits per heavy atom. The molecule has 0 aliphatic carbocycles. The minimum atomic E-state index is -0.757. The number of benzene rings is 1. The van der Waals surface area contributed by atoms with Gasteiger partial charge < -0.3 is 9.84 Å². The van der Waals surface area contributed by atoms with Crippen molar-refractivity contribution >= 4 is 5.97 Å². The van der Waals surface area contributed by atoms with Gasteiger partial charge in [0.2, 0.25) is 0 Å². The Labute approximate surface area is 166 Å². The maximum atomic E-state index is 11.0. The second-order valence-electron chi connectivity index (χ2n) is 7.56. The molecule has 0 saturated carbocycles. The summed E-state index contributed by atoms with van der Waals surface area (Å²) in [4.78, 5) is 19.5. The van der Waals surface area contributed by atoms with Crippen LogP contribution in [0.5, 0.6) is 11.5 Å². The van der Waals surface area contributed by atoms with Gasteiger partial charge in [0, 0.05) is 18.8 Å². The first kappa shape index (κ1) is 20.3. The van der Waals surface area contributed by atoms with E-state index in [0.717, 1.165) is 56.0 Å². The average molecular weight is 383 g/mol. The third-order valence-electron chi connectivity index (χ3n) is 5.31. The summed E-state index contributed by atoms with van der Waals surface area (Å²) in [5.74, 6) is 0.832. The van der Waals surface area contributed by atoms with Crippen LogP contribution in [0, 0.1) is 6.92 Å². The molecule has 0 bridgehead atoms. The van der Waals surface area contributed by atoms with Gasteiger partial charge in [0.1, 0.15) is 11.5 Å². The second-order valence-corrected chi connectivity index (χ2v) is 7.56. The summed E-state index contributed by atoms with van der Waals surface area (Å²) >= 11 is 0. The van der Waals surface area contributed by atoms with E-state index in [-0.39, 0.29) is 6.54 Å². The number of aryl methyl sites for hydroxylation is 1. The first-order chi connectivity index (χ1) is 13.5. The summed E-state index contributed by atoms with van der Waals surface area (Å²) in [6, 6.07) is 10.4. The van der Waals surface area contributed by atoms with Crippen LogP contribution in [0.3, 0.4) is 0 Å². The number of carboxylic acids is 1. The van der Waals surface area contributed by atoms with Crippen molar-refractivity contribution in [2.45, 2.75) is 38.8 Å². The number of likely N-dealkylation sites (N-methyl/N-ethyl adjacent to an activating group) is 1. The molecule has 3 rings (SSSR count). The number of rotatable bonds is 7. The van der Waals surface area contributed by atoms with Gasteiger partial charge in [-0.2, -0.15) is 0 Å². The van der Waals surface area contributed by atoms with Crippen molar-refractivity contribution in [2.75, 3.05) is 26.7 Å². The van der Waals surface area contributed by atoms with Gasteiger partial charge in [0.25, 0.3) is 0 Å². The zero-order valence-corrected chi connectivity index (χ0v) is 16.7. The topological polar surface area (TPSA) is 65.9 Å². The van der Waals surface area contributed by atoms with E-state index in [0.29, 0.717) is 6.04 Å². The van der Waals surface area contributed by atoms with E-state index in [9.17, 15) is 4.79 Å². The Hall–Kier alpha value is -2.44. The van der Waals surface area contributed by atoms with Gasteiger partial charge in [-0.1, -0.05) is 12.1 Å². The SMILES string of the molecule is Cc1cc(CN2CCCC(N(C)CC(=O)O)CC2)ccc1Oc1cccnc1. The molecular weight excluding hydrogens is 354 g/mol. The van der Waals surface area contributed by atoms with Gasteiger partial charge in [-0.15, -0.1) is 0 Å². The zero-order chi connectivity index (χ0) is 19.9. The molecule has 6 nitrogen and oxygen atoms in total. The number of hydrogen-bond acceptors (Lipinski definition) is 5. The zero-order valence-electron chi connectivity index (χ0n) is 16.7. The van der Waals surface area contributed by atoms with Crippen LogP contribution in [0.15, 0.2) is 42.7 Å². The molecule has 6 heteroatoms. The molecule has 0 radical (unpaired) electrons. The van der Waals surface area contributed by atoms with E-state index in [2.05, 4.69) is 28.9 Å². The third kappa shape index (κ3) is 5.78. The molecule has 1 aromatic carbocycles. The van der Waals surface area contributed by atoms with Gasteiger partial charge >= 0.3 is 5.97 Å². The minimum absolute atomic E-state index is 0.113. The molecule has 1 aliphatic heterocycles. The number of aromatic nitrogens is 1. The van der Waals surface area contributed by atoms with Crippen molar-refractivity contribution in [1.29, 1.82) is 0 Å². The molecule has 1 saturated heterocycles. The van der Waals surface area contributed by atoms with Crippen molar-refractivity contribution in [3.8, 4) is 11.5 Å². The molecule has 28 heavy (non-hydrogen) atoms. The van der Waals surface area contributed by atoms with Crippen molar-refractivity contribution < 1.29 is 14.6 Å². The van der Waals surface area contributed by atoms with Crippen molar-refractivity contribution in [1.82, 2.24) is 14.8 Å². The normalized spacial score (nSPS) is 18.0. The van der Waals surface area contributed by atoms with E-state index in [1.807, 2.05) is 30.1 Å². The lowest BCUT2D eigenvalue weighted by Crippen LogP contribution is -2.36. The first-order valence-corrected chi connectivity index (χ1v) is 9.83. The molecule has 2 aromatic rings. The van der Waals surface area contributed by atoms with Crippen LogP contribution >= 0.6 is 0 Å². The summed E-state index contributed by atoms with van der Waals surface area (Å²) in [5.41, 5.74) is 2.38. The molecule has 1 fully saturated rings. The van der Waals surface area contributed by atoms with Gasteiger partial charge in [-0.3, -0.25) is 19.6 Å². The Bertz CT molecular complexity index is 782. The Kier molecular flexibility index (Phi) is 7.01. The highest BCUT2D eigenvalue weighted by Crippen LogP contribution is 2.26. The molecule has 0 amide bonds. The fraction of sp³-hybridized carbons (Fsp3) is 0.455. The standard InChI is InChI=1S/C22H29N3O3/c1-17-13-18(7-8-21(17)28-20-6-3-10-23-14-20)15-25-11-4-5-19(9-12-25)24(2)16-22(26)27/h3,6-8,10,13-14,19H,4-5,9,11-12,15-16H2,1-2H3,(H,26,27). The number of ether oxygens (including phenoxy) is 1. The number of hydrogen-bond donors (Lipinski definition) is 1. The quantitative estimate of drug-likeness (QED) is 0.789. The molecule has 150 valence electrons. The summed E-state index contributed by atoms with van der Waals surface area (Å²) in [5, 5.41) is 9.01. The molecule has 1 aliphatic rings. The van der Waals surface area contributed by atoms with Gasteiger partial charge in [0.15, 0.2) is 0 Å². The maximum Gasteiger partial charge on any atom is 0.317 e. The van der Waals surface area contributed by atoms with E-state index in [1.165, 1.54) is 5.56 Å². The lowest BCUT2D eigenvalue weighted by Gasteiger charge is -2.25. The third-order valence-corrected chi connectivity index (χ3v) is 5.31. The van der Waals surface area contributed by atoms with E-state index in [4.69, 9.17) is 9.84 Å². The van der Waals surface area contributed by atoms with Crippen LogP contribution in [0.25, 0.3) is 0 Å². The highest BCUT2D eigenvalue weighted by Gasteiger charge is 2.21. The molecule has 1 aromatic heterocycles. The highest BCUT2D eigenvalue weighted by molar-refractivity contribution is 5.69. The number of carboxylic acid groups (broad SMARTS) is 1. The summed E-state index contributed by atoms with van der Waals surface area (Å²) in [6.07, 6.45) is 6.59. The van der Waals surface area contributed by atoms with Crippen LogP contribution in [-0.4, -0.2) is 58.6 Å². The predicted molar refractivity (Wildman–Crippen MR) is 109 cm³/mol. The average Bonchev–Trinajstić information content (AvgIpc) is 2.90. The maximum absolute atomic E-state index is 11.0. The lowest BCUT2D eigenvalue weighted by atomic mass is 10.1. The molecule has 0 spiro atoms. The van der Waals surface area contributed by atoms with Crippen LogP contribution in [0.2, 0.25) is 0 Å². The van der Waals surface area contributed by atoms with E-state index in [1.54, 1.807) is 12.4 Å². The molecule has 1 N–H and O–H groups in total. The minimum Gasteiger partial charge on any atom is -0.480 e. The van der Waals surface area contributed by atoms with Gasteiger partial charge in [-0.05, 0) is 75.6 Å². The van der Waals surface area contributed by atoms with Crippen LogP contribution in [0.1, 0.15) is 30.4 Å². The number of likely N-dealkylation sites (tertiary alicyclic amines) is 1. The van der Waals surface area contributed by atoms with Gasteiger partial charge in [-0.25, -0.2) is 0 Å². The monoisotopic (exact) mass is 383 g/mol. The highest BCUT2D eigenvalue weighted by atomic mass is 16.5. The smallest absolute Gasteiger partial charge is 0.317 e. The van der Waals surface area contributed by atoms with Crippen LogP contribution < -0.4 is 4.74 Å². The summed E-state index contributed by atoms with van der Waals surface area (Å²) in [7, 11) is 1.92. The Morgan fingerprint density at radius 1 is 1.32 bits per heavy atom. The molecule has 2 heterocycles. The lowest BCUT2D eigenvalue weighted by molar-refractivity contribution is -0.138. The van der Waals surface area contributed by atoms with Gasteiger partial charge in [0.05, 0.1) is 12.7 Å². The Morgan fingerprint density at radius 2 is 2.18 bits per heavy atom. The fourth-order valence-electron chi connectivity index (χ4n) is 3.80. The molecule has 1 unspecified atom stereocenters. The molecular formula is C22H29N3O3. The summed E-state index contributed by atoms with van der Waals surface area (Å²) in [6.45, 7) is 5.12. The second kappa shape index (κ2) is 9.66.